The zero-order valence-corrected chi connectivity index (χ0v) is 31.4. The normalized spacial score (nSPS) is 25.1. The molecule has 0 spiro atoms. The Balaban J connectivity index is 1.53. The van der Waals surface area contributed by atoms with Crippen LogP contribution in [0.15, 0.2) is 90.1 Å². The summed E-state index contributed by atoms with van der Waals surface area (Å²) in [6, 6.07) is 19.5. The van der Waals surface area contributed by atoms with Gasteiger partial charge < -0.3 is 38.9 Å². The molecule has 1 saturated carbocycles. The maximum Gasteiger partial charge on any atom is 0.410 e. The lowest BCUT2D eigenvalue weighted by molar-refractivity contribution is -0.253. The number of nitrogens with zero attached hydrogens (tertiary/aromatic N) is 2. The van der Waals surface area contributed by atoms with Crippen molar-refractivity contribution in [3.8, 4) is 17.2 Å². The summed E-state index contributed by atoms with van der Waals surface area (Å²) in [6.45, 7) is 4.41. The van der Waals surface area contributed by atoms with E-state index in [2.05, 4.69) is 42.1 Å². The lowest BCUT2D eigenvalue weighted by Gasteiger charge is -2.59. The summed E-state index contributed by atoms with van der Waals surface area (Å²) in [5.74, 6) is 0.465. The number of aliphatic hydroxyl groups excluding tert-OH is 2. The first-order valence-electron chi connectivity index (χ1n) is 18.6. The number of halogens is 1. The molecule has 3 aromatic carbocycles. The highest BCUT2D eigenvalue weighted by Gasteiger charge is 2.65. The van der Waals surface area contributed by atoms with E-state index in [0.717, 1.165) is 53.3 Å². The third-order valence-corrected chi connectivity index (χ3v) is 11.0. The van der Waals surface area contributed by atoms with Crippen molar-refractivity contribution < 1.29 is 38.8 Å². The molecule has 284 valence electrons. The fourth-order valence-electron chi connectivity index (χ4n) is 8.62. The number of fused-ring (bicyclic) bond motifs is 3. The largest absolute Gasteiger partial charge is 0.459 e. The number of benzene rings is 3. The standard InChI is InChI=1S/C42H51ClN2O8/c1-4-22-51-42-38(45(2)41(48)50-23-19-43)27-36(44-49-3)34-25-30(13-7-9-20-46)33(14-8-10-21-47)39(40(34)42)35-26-32(17-18-37(35)53-42)52-31-16-15-28-11-5-6-12-29(28)24-31/h4-6,11-12,15-18,24-26,30,33,38-40,46-47H,1,7-10,13-14,19-23,27H2,2-3H3/t30-,33+,38-,39+,40+,42+/m0/s1. The summed E-state index contributed by atoms with van der Waals surface area (Å²) in [5.41, 5.74) is 2.64. The van der Waals surface area contributed by atoms with Gasteiger partial charge in [0.25, 0.3) is 0 Å². The number of allylic oxidation sites excluding steroid dienone is 1. The van der Waals surface area contributed by atoms with Crippen molar-refractivity contribution >= 4 is 34.2 Å². The van der Waals surface area contributed by atoms with E-state index in [9.17, 15) is 15.0 Å². The van der Waals surface area contributed by atoms with Gasteiger partial charge in [-0.1, -0.05) is 60.5 Å². The van der Waals surface area contributed by atoms with E-state index in [4.69, 9.17) is 35.4 Å². The molecule has 6 rings (SSSR count). The number of likely N-dealkylation sites (N-methyl/N-ethyl adjacent to an activating group) is 1. The van der Waals surface area contributed by atoms with Gasteiger partial charge in [-0.3, -0.25) is 0 Å². The van der Waals surface area contributed by atoms with Crippen LogP contribution in [0.5, 0.6) is 17.2 Å². The van der Waals surface area contributed by atoms with Crippen LogP contribution in [0.2, 0.25) is 0 Å². The molecule has 3 aliphatic rings. The van der Waals surface area contributed by atoms with Crippen LogP contribution < -0.4 is 9.47 Å². The third kappa shape index (κ3) is 8.06. The van der Waals surface area contributed by atoms with Gasteiger partial charge in [0.2, 0.25) is 5.79 Å². The summed E-state index contributed by atoms with van der Waals surface area (Å²) in [6.07, 6.45) is 8.45. The zero-order valence-electron chi connectivity index (χ0n) is 30.6. The lowest BCUT2D eigenvalue weighted by atomic mass is 9.55. The van der Waals surface area contributed by atoms with Gasteiger partial charge in [0.15, 0.2) is 0 Å². The molecule has 10 nitrogen and oxygen atoms in total. The second kappa shape index (κ2) is 17.8. The highest BCUT2D eigenvalue weighted by molar-refractivity contribution is 6.18. The van der Waals surface area contributed by atoms with Gasteiger partial charge in [-0.15, -0.1) is 18.2 Å². The molecule has 0 unspecified atom stereocenters. The van der Waals surface area contributed by atoms with Gasteiger partial charge in [0.1, 0.15) is 37.0 Å². The molecule has 0 aromatic heterocycles. The van der Waals surface area contributed by atoms with Crippen molar-refractivity contribution in [2.75, 3.05) is 46.5 Å². The number of rotatable bonds is 17. The van der Waals surface area contributed by atoms with Gasteiger partial charge in [-0.2, -0.15) is 0 Å². The lowest BCUT2D eigenvalue weighted by Crippen LogP contribution is -2.69. The van der Waals surface area contributed by atoms with Crippen molar-refractivity contribution in [1.29, 1.82) is 0 Å². The number of ether oxygens (including phenoxy) is 4. The smallest absolute Gasteiger partial charge is 0.410 e. The fourth-order valence-corrected chi connectivity index (χ4v) is 8.70. The number of alkyl halides is 1. The monoisotopic (exact) mass is 746 g/mol. The average Bonchev–Trinajstić information content (AvgIpc) is 3.17. The number of hydrogen-bond donors (Lipinski definition) is 2. The predicted molar refractivity (Wildman–Crippen MR) is 206 cm³/mol. The number of oxime groups is 1. The maximum atomic E-state index is 13.6. The van der Waals surface area contributed by atoms with Crippen LogP contribution in [-0.2, 0) is 14.3 Å². The van der Waals surface area contributed by atoms with E-state index in [0.29, 0.717) is 30.1 Å². The molecular formula is C42H51ClN2O8. The molecule has 11 heteroatoms. The molecule has 53 heavy (non-hydrogen) atoms. The maximum absolute atomic E-state index is 13.6. The number of unbranched alkanes of at least 4 members (excludes halogenated alkanes) is 2. The quantitative estimate of drug-likeness (QED) is 0.0614. The van der Waals surface area contributed by atoms with E-state index in [1.165, 1.54) is 12.0 Å². The topological polar surface area (TPSA) is 119 Å². The van der Waals surface area contributed by atoms with Crippen LogP contribution in [0.1, 0.15) is 56.4 Å². The first-order valence-corrected chi connectivity index (χ1v) is 19.2. The number of amides is 1. The van der Waals surface area contributed by atoms with Gasteiger partial charge in [0, 0.05) is 38.2 Å². The molecule has 2 aliphatic carbocycles. The first-order chi connectivity index (χ1) is 25.9. The zero-order chi connectivity index (χ0) is 37.4. The summed E-state index contributed by atoms with van der Waals surface area (Å²) >= 11 is 5.91. The van der Waals surface area contributed by atoms with Crippen LogP contribution in [0.4, 0.5) is 4.79 Å². The van der Waals surface area contributed by atoms with Gasteiger partial charge >= 0.3 is 6.09 Å². The Morgan fingerprint density at radius 1 is 1.04 bits per heavy atom. The minimum absolute atomic E-state index is 0.0559. The van der Waals surface area contributed by atoms with Crippen LogP contribution in [-0.4, -0.2) is 85.2 Å². The number of hydrogen-bond acceptors (Lipinski definition) is 9. The number of carbonyl (C=O) groups is 1. The van der Waals surface area contributed by atoms with Crippen molar-refractivity contribution in [1.82, 2.24) is 4.90 Å². The summed E-state index contributed by atoms with van der Waals surface area (Å²) in [4.78, 5) is 20.5. The molecule has 0 bridgehead atoms. The van der Waals surface area contributed by atoms with E-state index in [-0.39, 0.29) is 56.5 Å². The molecular weight excluding hydrogens is 696 g/mol. The van der Waals surface area contributed by atoms with E-state index >= 15 is 0 Å². The van der Waals surface area contributed by atoms with Crippen LogP contribution in [0.3, 0.4) is 0 Å². The van der Waals surface area contributed by atoms with Crippen LogP contribution in [0.25, 0.3) is 10.8 Å². The second-order valence-electron chi connectivity index (χ2n) is 14.0. The van der Waals surface area contributed by atoms with E-state index in [1.54, 1.807) is 13.1 Å². The molecule has 1 aliphatic heterocycles. The molecule has 1 amide bonds. The molecule has 0 saturated heterocycles. The minimum Gasteiger partial charge on any atom is -0.459 e. The van der Waals surface area contributed by atoms with E-state index in [1.807, 2.05) is 36.4 Å². The highest BCUT2D eigenvalue weighted by atomic mass is 35.5. The van der Waals surface area contributed by atoms with Gasteiger partial charge in [-0.05, 0) is 84.2 Å². The summed E-state index contributed by atoms with van der Waals surface area (Å²) in [7, 11) is 3.21. The Morgan fingerprint density at radius 2 is 1.77 bits per heavy atom. The Bertz CT molecular complexity index is 1800. The van der Waals surface area contributed by atoms with Crippen LogP contribution in [0, 0.1) is 17.8 Å². The average molecular weight is 747 g/mol. The molecule has 3 aromatic rings. The third-order valence-electron chi connectivity index (χ3n) is 10.9. The van der Waals surface area contributed by atoms with Crippen molar-refractivity contribution in [2.24, 2.45) is 22.9 Å². The SMILES string of the molecule is C=CCO[C@@]12Oc3ccc(Oc4ccc5ccccc5c4)cc3[C@H]3[C@H](CCCCO)[C@@H](CCCCO)C=C(C(=NOC)C[C@@H]1N(C)C(=O)OCCCl)[C@H]32. The van der Waals surface area contributed by atoms with Crippen molar-refractivity contribution in [3.05, 3.63) is 90.5 Å². The Kier molecular flexibility index (Phi) is 13.0. The predicted octanol–water partition coefficient (Wildman–Crippen LogP) is 8.20. The summed E-state index contributed by atoms with van der Waals surface area (Å²) in [5, 5.41) is 26.4. The minimum atomic E-state index is -1.36. The molecule has 1 fully saturated rings. The summed E-state index contributed by atoms with van der Waals surface area (Å²) < 4.78 is 26.1. The van der Waals surface area contributed by atoms with Crippen LogP contribution >= 0.6 is 11.6 Å². The van der Waals surface area contributed by atoms with E-state index < -0.39 is 23.8 Å². The molecule has 6 atom stereocenters. The molecule has 0 radical (unpaired) electrons. The van der Waals surface area contributed by atoms with Gasteiger partial charge in [-0.25, -0.2) is 4.79 Å². The molecule has 1 heterocycles. The molecule has 2 N–H and O–H groups in total. The van der Waals surface area contributed by atoms with Gasteiger partial charge in [0.05, 0.1) is 24.1 Å². The van der Waals surface area contributed by atoms with Crippen molar-refractivity contribution in [3.63, 3.8) is 0 Å². The van der Waals surface area contributed by atoms with Crippen molar-refractivity contribution in [2.45, 2.75) is 62.7 Å². The number of carbonyl (C=O) groups excluding carboxylic acids is 1. The Labute approximate surface area is 316 Å². The number of aliphatic hydroxyl groups is 2. The fraction of sp³-hybridized carbons (Fsp3) is 0.476. The highest BCUT2D eigenvalue weighted by Crippen LogP contribution is 2.62. The first kappa shape index (κ1) is 38.6. The Hall–Kier alpha value is -4.09. The Morgan fingerprint density at radius 3 is 2.51 bits per heavy atom. The second-order valence-corrected chi connectivity index (χ2v) is 14.4.